The predicted octanol–water partition coefficient (Wildman–Crippen LogP) is 28.8. The molecule has 0 N–H and O–H groups in total. The summed E-state index contributed by atoms with van der Waals surface area (Å²) in [6, 6.07) is 58.0. The molecule has 12 rings (SSSR count). The first-order chi connectivity index (χ1) is 50.4. The van der Waals surface area contributed by atoms with Gasteiger partial charge in [-0.3, -0.25) is 0 Å². The number of thiophene rings is 2. The number of unbranched alkanes of at least 4 members (excludes halogenated alkanes) is 28. The lowest BCUT2D eigenvalue weighted by atomic mass is 9.70. The smallest absolute Gasteiger partial charge is 0.206 e. The summed E-state index contributed by atoms with van der Waals surface area (Å²) in [5.74, 6) is 0. The zero-order chi connectivity index (χ0) is 71.5. The van der Waals surface area contributed by atoms with E-state index in [-0.39, 0.29) is 10.8 Å². The average Bonchev–Trinajstić information content (AvgIpc) is 1.57. The number of aromatic nitrogens is 2. The van der Waals surface area contributed by atoms with Gasteiger partial charge in [-0.05, 0) is 166 Å². The Morgan fingerprint density at radius 2 is 0.544 bits per heavy atom. The van der Waals surface area contributed by atoms with Crippen molar-refractivity contribution in [2.45, 2.75) is 289 Å². The Hall–Kier alpha value is -6.34. The third kappa shape index (κ3) is 17.6. The Balaban J connectivity index is 0.848. The van der Waals surface area contributed by atoms with E-state index in [1.54, 1.807) is 24.3 Å². The summed E-state index contributed by atoms with van der Waals surface area (Å²) in [4.78, 5) is 6.16. The van der Waals surface area contributed by atoms with E-state index in [1.165, 1.54) is 257 Å². The van der Waals surface area contributed by atoms with Crippen LogP contribution in [0.5, 0.6) is 0 Å². The molecule has 0 amide bonds. The molecule has 3 heterocycles. The molecule has 0 fully saturated rings. The highest BCUT2D eigenvalue weighted by Gasteiger charge is 2.45. The fourth-order valence-electron chi connectivity index (χ4n) is 17.2. The summed E-state index contributed by atoms with van der Waals surface area (Å²) in [5, 5.41) is 0. The molecule has 0 saturated heterocycles. The monoisotopic (exact) mass is 1470 g/mol. The zero-order valence-electron chi connectivity index (χ0n) is 62.2. The van der Waals surface area contributed by atoms with Gasteiger partial charge in [0, 0.05) is 41.5 Å². The SMILES string of the molecule is CCCCCCCCCCC1(CCCCCCCCCC)c2cc(-c3ccc(-c4ccc(-c5ccc(-c6ccc7c(c6)C(CCCCCCCCCC)(CCCCCCCCCC)c6cc(S(=O)(=O)c8ccccc8)ccc6-7)s5)c5nsnc45)s3)ccc2-c2ccc(S(=O)(=O)c3ccccc3)cc21. The fraction of sp³-hybridized carbons (Fsp3) is 0.457. The molecule has 0 spiro atoms. The maximum Gasteiger partial charge on any atom is 0.206 e. The van der Waals surface area contributed by atoms with Crippen LogP contribution in [0.25, 0.3) is 75.0 Å². The number of nitrogens with zero attached hydrogens (tertiary/aromatic N) is 2. The van der Waals surface area contributed by atoms with Crippen LogP contribution in [0.3, 0.4) is 0 Å². The van der Waals surface area contributed by atoms with E-state index >= 15 is 0 Å². The standard InChI is InChI=1S/C92H112N2O4S5/c1-5-9-13-17-21-25-29-39-61-91(62-40-30-26-22-18-14-10-6-2)81-65-69(47-51-75(81)77-53-49-73(67-83(77)91)102(95,96)71-43-35-33-36-44-71)85-57-59-87(99-85)79-55-56-80(90-89(79)93-101-94-90)88-60-58-86(100-88)70-48-52-76-78-54-50-74(103(97,98)72-45-37-34-38-46-72)68-84(78)92(82(76)66-70,63-41-31-27-23-19-15-11-7-3)64-42-32-28-24-20-16-12-8-4/h33-38,43-60,65-68H,5-32,39-42,61-64H2,1-4H3. The summed E-state index contributed by atoms with van der Waals surface area (Å²) >= 11 is 4.91. The molecule has 0 unspecified atom stereocenters. The van der Waals surface area contributed by atoms with Crippen molar-refractivity contribution in [2.75, 3.05) is 0 Å². The number of hydrogen-bond donors (Lipinski definition) is 0. The average molecular weight is 1470 g/mol. The molecular weight excluding hydrogens is 1360 g/mol. The molecule has 2 aliphatic carbocycles. The van der Waals surface area contributed by atoms with Crippen LogP contribution in [0.2, 0.25) is 0 Å². The van der Waals surface area contributed by atoms with E-state index in [0.29, 0.717) is 19.6 Å². The van der Waals surface area contributed by atoms with Gasteiger partial charge < -0.3 is 0 Å². The Bertz CT molecular complexity index is 4270. The second-order valence-electron chi connectivity index (χ2n) is 30.1. The van der Waals surface area contributed by atoms with Crippen molar-refractivity contribution < 1.29 is 16.8 Å². The lowest BCUT2D eigenvalue weighted by Crippen LogP contribution is -2.26. The lowest BCUT2D eigenvalue weighted by Gasteiger charge is -2.33. The first kappa shape index (κ1) is 76.3. The molecule has 0 bridgehead atoms. The molecule has 0 aliphatic heterocycles. The number of fused-ring (bicyclic) bond motifs is 7. The summed E-state index contributed by atoms with van der Waals surface area (Å²) in [6.45, 7) is 9.15. The van der Waals surface area contributed by atoms with Crippen molar-refractivity contribution in [3.05, 3.63) is 192 Å². The first-order valence-corrected chi connectivity index (χ1v) is 45.4. The Morgan fingerprint density at radius 3 is 0.864 bits per heavy atom. The van der Waals surface area contributed by atoms with Gasteiger partial charge in [0.1, 0.15) is 11.0 Å². The largest absolute Gasteiger partial charge is 0.219 e. The zero-order valence-corrected chi connectivity index (χ0v) is 66.3. The third-order valence-corrected chi connectivity index (χ3v) is 29.3. The highest BCUT2D eigenvalue weighted by molar-refractivity contribution is 7.91. The van der Waals surface area contributed by atoms with Crippen molar-refractivity contribution in [2.24, 2.45) is 0 Å². The molecule has 3 aromatic heterocycles. The van der Waals surface area contributed by atoms with Crippen LogP contribution < -0.4 is 0 Å². The van der Waals surface area contributed by atoms with Gasteiger partial charge in [-0.1, -0.05) is 318 Å². The number of rotatable bonds is 44. The van der Waals surface area contributed by atoms with Crippen molar-refractivity contribution in [1.82, 2.24) is 8.75 Å². The summed E-state index contributed by atoms with van der Waals surface area (Å²) in [6.07, 6.45) is 43.8. The Labute approximate surface area is 631 Å². The molecule has 0 atom stereocenters. The van der Waals surface area contributed by atoms with Crippen LogP contribution in [-0.4, -0.2) is 25.6 Å². The summed E-state index contributed by atoms with van der Waals surface area (Å²) in [5.41, 5.74) is 15.7. The van der Waals surface area contributed by atoms with Crippen molar-refractivity contribution in [3.8, 4) is 64.0 Å². The van der Waals surface area contributed by atoms with Gasteiger partial charge in [-0.2, -0.15) is 8.75 Å². The molecule has 11 heteroatoms. The van der Waals surface area contributed by atoms with Gasteiger partial charge in [0.05, 0.1) is 31.3 Å². The van der Waals surface area contributed by atoms with Crippen LogP contribution in [0, 0.1) is 0 Å². The second kappa shape index (κ2) is 36.8. The van der Waals surface area contributed by atoms with E-state index in [9.17, 15) is 16.8 Å². The maximum atomic E-state index is 14.5. The van der Waals surface area contributed by atoms with Crippen LogP contribution in [-0.2, 0) is 30.5 Å². The molecular formula is C92H112N2O4S5. The Morgan fingerprint density at radius 1 is 0.272 bits per heavy atom. The molecule has 7 aromatic carbocycles. The minimum absolute atomic E-state index is 0.319. The highest BCUT2D eigenvalue weighted by Crippen LogP contribution is 2.58. The normalized spacial score (nSPS) is 13.6. The molecule has 6 nitrogen and oxygen atoms in total. The highest BCUT2D eigenvalue weighted by atomic mass is 32.2. The summed E-state index contributed by atoms with van der Waals surface area (Å²) < 4.78 is 68.3. The van der Waals surface area contributed by atoms with E-state index in [1.807, 2.05) is 71.2 Å². The van der Waals surface area contributed by atoms with Crippen molar-refractivity contribution in [1.29, 1.82) is 0 Å². The Kier molecular flexibility index (Phi) is 27.3. The van der Waals surface area contributed by atoms with Gasteiger partial charge in [-0.15, -0.1) is 22.7 Å². The predicted molar refractivity (Wildman–Crippen MR) is 440 cm³/mol. The molecule has 0 saturated carbocycles. The van der Waals surface area contributed by atoms with Crippen LogP contribution in [0.15, 0.2) is 189 Å². The quantitative estimate of drug-likeness (QED) is 0.0353. The molecule has 10 aromatic rings. The second-order valence-corrected chi connectivity index (χ2v) is 36.7. The third-order valence-electron chi connectivity index (χ3n) is 22.9. The summed E-state index contributed by atoms with van der Waals surface area (Å²) in [7, 11) is -7.50. The van der Waals surface area contributed by atoms with E-state index in [4.69, 9.17) is 8.75 Å². The van der Waals surface area contributed by atoms with E-state index in [2.05, 4.69) is 125 Å². The fourth-order valence-corrected chi connectivity index (χ4v) is 22.4. The number of benzene rings is 7. The molecule has 103 heavy (non-hydrogen) atoms. The van der Waals surface area contributed by atoms with Crippen LogP contribution in [0.4, 0.5) is 0 Å². The lowest BCUT2D eigenvalue weighted by molar-refractivity contribution is 0.396. The molecule has 544 valence electrons. The number of sulfone groups is 2. The van der Waals surface area contributed by atoms with Gasteiger partial charge in [0.25, 0.3) is 0 Å². The van der Waals surface area contributed by atoms with Crippen molar-refractivity contribution in [3.63, 3.8) is 0 Å². The van der Waals surface area contributed by atoms with Gasteiger partial charge in [-0.25, -0.2) is 16.8 Å². The minimum atomic E-state index is -3.75. The number of hydrogen-bond acceptors (Lipinski definition) is 9. The van der Waals surface area contributed by atoms with Gasteiger partial charge in [0.2, 0.25) is 19.7 Å². The molecule has 2 aliphatic rings. The van der Waals surface area contributed by atoms with Crippen molar-refractivity contribution >= 4 is 65.1 Å². The van der Waals surface area contributed by atoms with Gasteiger partial charge >= 0.3 is 0 Å². The van der Waals surface area contributed by atoms with E-state index < -0.39 is 19.7 Å². The first-order valence-electron chi connectivity index (χ1n) is 40.1. The topological polar surface area (TPSA) is 94.1 Å². The molecule has 0 radical (unpaired) electrons. The maximum absolute atomic E-state index is 14.5. The van der Waals surface area contributed by atoms with Crippen LogP contribution >= 0.6 is 34.4 Å². The van der Waals surface area contributed by atoms with Crippen LogP contribution in [0.1, 0.15) is 281 Å². The van der Waals surface area contributed by atoms with Gasteiger partial charge in [0.15, 0.2) is 0 Å². The minimum Gasteiger partial charge on any atom is -0.219 e. The van der Waals surface area contributed by atoms with E-state index in [0.717, 1.165) is 83.3 Å².